The monoisotopic (exact) mass is 387 g/mol. The van der Waals surface area contributed by atoms with Gasteiger partial charge in [0.1, 0.15) is 5.82 Å². The number of halogens is 2. The minimum Gasteiger partial charge on any atom is -0.368 e. The maximum Gasteiger partial charge on any atom is 0.244 e. The van der Waals surface area contributed by atoms with E-state index < -0.39 is 0 Å². The Balaban J connectivity index is 1.65. The van der Waals surface area contributed by atoms with E-state index in [9.17, 15) is 9.18 Å². The number of benzene rings is 2. The summed E-state index contributed by atoms with van der Waals surface area (Å²) in [6, 6.07) is 12.0. The van der Waals surface area contributed by atoms with E-state index >= 15 is 0 Å². The molecule has 142 valence electrons. The van der Waals surface area contributed by atoms with E-state index in [2.05, 4.69) is 22.2 Å². The van der Waals surface area contributed by atoms with Gasteiger partial charge in [0.05, 0.1) is 0 Å². The summed E-state index contributed by atoms with van der Waals surface area (Å²) >= 11 is 5.86. The highest BCUT2D eigenvalue weighted by Crippen LogP contribution is 2.24. The van der Waals surface area contributed by atoms with Gasteiger partial charge in [-0.2, -0.15) is 0 Å². The summed E-state index contributed by atoms with van der Waals surface area (Å²) in [6.07, 6.45) is 3.23. The van der Waals surface area contributed by atoms with Crippen LogP contribution in [0.4, 0.5) is 10.1 Å². The third kappa shape index (κ3) is 5.55. The predicted molar refractivity (Wildman–Crippen MR) is 108 cm³/mol. The van der Waals surface area contributed by atoms with Crippen LogP contribution in [0, 0.1) is 5.82 Å². The highest BCUT2D eigenvalue weighted by atomic mass is 35.5. The van der Waals surface area contributed by atoms with Crippen molar-refractivity contribution in [2.45, 2.75) is 6.54 Å². The van der Waals surface area contributed by atoms with Crippen molar-refractivity contribution in [2.24, 2.45) is 0 Å². The summed E-state index contributed by atoms with van der Waals surface area (Å²) in [4.78, 5) is 16.5. The molecule has 0 aromatic heterocycles. The molecule has 1 saturated heterocycles. The number of nitrogens with one attached hydrogen (secondary N) is 1. The van der Waals surface area contributed by atoms with E-state index in [0.29, 0.717) is 11.6 Å². The fourth-order valence-electron chi connectivity index (χ4n) is 2.99. The van der Waals surface area contributed by atoms with Gasteiger partial charge in [0.2, 0.25) is 5.91 Å². The lowest BCUT2D eigenvalue weighted by Crippen LogP contribution is -2.44. The van der Waals surface area contributed by atoms with Crippen LogP contribution in [-0.4, -0.2) is 44.0 Å². The van der Waals surface area contributed by atoms with Crippen LogP contribution < -0.4 is 10.2 Å². The molecule has 1 fully saturated rings. The van der Waals surface area contributed by atoms with Crippen molar-refractivity contribution < 1.29 is 9.18 Å². The molecule has 4 nitrogen and oxygen atoms in total. The fraction of sp³-hybridized carbons (Fsp3) is 0.286. The maximum absolute atomic E-state index is 13.8. The van der Waals surface area contributed by atoms with Crippen molar-refractivity contribution in [3.63, 3.8) is 0 Å². The van der Waals surface area contributed by atoms with Gasteiger partial charge in [0, 0.05) is 49.5 Å². The molecule has 0 unspecified atom stereocenters. The Hall–Kier alpha value is -2.37. The minimum absolute atomic E-state index is 0.196. The molecular weight excluding hydrogens is 365 g/mol. The molecule has 0 spiro atoms. The zero-order chi connectivity index (χ0) is 19.2. The molecule has 1 heterocycles. The van der Waals surface area contributed by atoms with Crippen molar-refractivity contribution in [3.8, 4) is 0 Å². The summed E-state index contributed by atoms with van der Waals surface area (Å²) < 4.78 is 13.8. The predicted octanol–water partition coefficient (Wildman–Crippen LogP) is 3.56. The normalized spacial score (nSPS) is 15.3. The second kappa shape index (κ2) is 9.02. The van der Waals surface area contributed by atoms with E-state index in [1.807, 2.05) is 12.1 Å². The Morgan fingerprint density at radius 3 is 2.56 bits per heavy atom. The number of nitrogens with zero attached hydrogens (tertiary/aromatic N) is 2. The van der Waals surface area contributed by atoms with Gasteiger partial charge in [-0.25, -0.2) is 4.39 Å². The third-order valence-corrected chi connectivity index (χ3v) is 4.88. The van der Waals surface area contributed by atoms with Crippen LogP contribution in [0.1, 0.15) is 11.1 Å². The highest BCUT2D eigenvalue weighted by molar-refractivity contribution is 6.30. The lowest BCUT2D eigenvalue weighted by Gasteiger charge is -2.34. The average molecular weight is 388 g/mol. The summed E-state index contributed by atoms with van der Waals surface area (Å²) in [7, 11) is 2.08. The van der Waals surface area contributed by atoms with Crippen LogP contribution in [0.15, 0.2) is 48.5 Å². The van der Waals surface area contributed by atoms with Crippen molar-refractivity contribution in [1.82, 2.24) is 10.2 Å². The molecule has 3 rings (SSSR count). The molecule has 0 atom stereocenters. The Morgan fingerprint density at radius 1 is 1.15 bits per heavy atom. The van der Waals surface area contributed by atoms with Crippen LogP contribution in [0.3, 0.4) is 0 Å². The topological polar surface area (TPSA) is 35.6 Å². The number of likely N-dealkylation sites (N-methyl/N-ethyl adjacent to an activating group) is 1. The number of piperazine rings is 1. The van der Waals surface area contributed by atoms with Crippen LogP contribution in [0.2, 0.25) is 5.02 Å². The van der Waals surface area contributed by atoms with Gasteiger partial charge >= 0.3 is 0 Å². The number of rotatable bonds is 5. The summed E-state index contributed by atoms with van der Waals surface area (Å²) in [5, 5.41) is 3.51. The minimum atomic E-state index is -0.270. The molecule has 0 saturated carbocycles. The number of hydrogen-bond acceptors (Lipinski definition) is 3. The van der Waals surface area contributed by atoms with Crippen molar-refractivity contribution in [3.05, 3.63) is 70.5 Å². The lowest BCUT2D eigenvalue weighted by atomic mass is 10.1. The van der Waals surface area contributed by atoms with E-state index in [4.69, 9.17) is 11.6 Å². The Labute approximate surface area is 164 Å². The van der Waals surface area contributed by atoms with Crippen molar-refractivity contribution >= 4 is 29.3 Å². The molecule has 6 heteroatoms. The zero-order valence-electron chi connectivity index (χ0n) is 15.3. The lowest BCUT2D eigenvalue weighted by molar-refractivity contribution is -0.116. The molecule has 0 aliphatic carbocycles. The molecule has 27 heavy (non-hydrogen) atoms. The molecule has 1 amide bonds. The molecule has 1 aliphatic heterocycles. The zero-order valence-corrected chi connectivity index (χ0v) is 16.0. The first kappa shape index (κ1) is 19.4. The Bertz CT molecular complexity index is 815. The van der Waals surface area contributed by atoms with Crippen LogP contribution >= 0.6 is 11.6 Å². The second-order valence-electron chi connectivity index (χ2n) is 6.67. The molecule has 0 radical (unpaired) electrons. The van der Waals surface area contributed by atoms with Gasteiger partial charge in [-0.05, 0) is 54.6 Å². The standard InChI is InChI=1S/C21H23ClFN3O/c1-25-10-12-26(13-11-25)20-14-19(23)8-4-17(20)5-9-21(27)24-15-16-2-6-18(22)7-3-16/h2-9,14H,10-13,15H2,1H3,(H,24,27)/b9-5-. The summed E-state index contributed by atoms with van der Waals surface area (Å²) in [6.45, 7) is 3.96. The Kier molecular flexibility index (Phi) is 6.48. The molecule has 2 aromatic carbocycles. The van der Waals surface area contributed by atoms with E-state index in [-0.39, 0.29) is 11.7 Å². The van der Waals surface area contributed by atoms with E-state index in [1.54, 1.807) is 24.3 Å². The number of hydrogen-bond donors (Lipinski definition) is 1. The second-order valence-corrected chi connectivity index (χ2v) is 7.11. The smallest absolute Gasteiger partial charge is 0.244 e. The SMILES string of the molecule is CN1CCN(c2cc(F)ccc2/C=C\C(=O)NCc2ccc(Cl)cc2)CC1. The molecule has 1 aliphatic rings. The average Bonchev–Trinajstić information content (AvgIpc) is 2.67. The van der Waals surface area contributed by atoms with Gasteiger partial charge in [-0.15, -0.1) is 0 Å². The van der Waals surface area contributed by atoms with Crippen LogP contribution in [-0.2, 0) is 11.3 Å². The van der Waals surface area contributed by atoms with E-state index in [1.165, 1.54) is 18.2 Å². The van der Waals surface area contributed by atoms with Crippen LogP contribution in [0.25, 0.3) is 6.08 Å². The first-order valence-corrected chi connectivity index (χ1v) is 9.32. The molecular formula is C21H23ClFN3O. The van der Waals surface area contributed by atoms with Gasteiger partial charge in [-0.1, -0.05) is 23.7 Å². The molecule has 1 N–H and O–H groups in total. The largest absolute Gasteiger partial charge is 0.368 e. The van der Waals surface area contributed by atoms with Crippen molar-refractivity contribution in [2.75, 3.05) is 38.1 Å². The quantitative estimate of drug-likeness (QED) is 0.797. The first-order valence-electron chi connectivity index (χ1n) is 8.95. The van der Waals surface area contributed by atoms with Crippen molar-refractivity contribution in [1.29, 1.82) is 0 Å². The summed E-state index contributed by atoms with van der Waals surface area (Å²) in [5.74, 6) is -0.466. The maximum atomic E-state index is 13.8. The summed E-state index contributed by atoms with van der Waals surface area (Å²) in [5.41, 5.74) is 2.63. The van der Waals surface area contributed by atoms with Gasteiger partial charge in [-0.3, -0.25) is 4.79 Å². The van der Waals surface area contributed by atoms with E-state index in [0.717, 1.165) is 43.0 Å². The highest BCUT2D eigenvalue weighted by Gasteiger charge is 2.17. The number of carbonyl (C=O) groups excluding carboxylic acids is 1. The van der Waals surface area contributed by atoms with Gasteiger partial charge in [0.25, 0.3) is 0 Å². The number of amides is 1. The Morgan fingerprint density at radius 2 is 1.85 bits per heavy atom. The number of carbonyl (C=O) groups is 1. The molecule has 0 bridgehead atoms. The van der Waals surface area contributed by atoms with Gasteiger partial charge in [0.15, 0.2) is 0 Å². The fourth-order valence-corrected chi connectivity index (χ4v) is 3.12. The molecule has 2 aromatic rings. The number of anilines is 1. The third-order valence-electron chi connectivity index (χ3n) is 4.63. The van der Waals surface area contributed by atoms with Gasteiger partial charge < -0.3 is 15.1 Å². The first-order chi connectivity index (χ1) is 13.0. The van der Waals surface area contributed by atoms with Crippen LogP contribution in [0.5, 0.6) is 0 Å².